The molecule has 3 rings (SSSR count). The Labute approximate surface area is 228 Å². The Balaban J connectivity index is 1.62. The summed E-state index contributed by atoms with van der Waals surface area (Å²) in [5.41, 5.74) is 2.42. The van der Waals surface area contributed by atoms with E-state index < -0.39 is 15.1 Å². The van der Waals surface area contributed by atoms with E-state index in [-0.39, 0.29) is 23.6 Å². The molecule has 201 valence electrons. The summed E-state index contributed by atoms with van der Waals surface area (Å²) in [4.78, 5) is 24.5. The van der Waals surface area contributed by atoms with Gasteiger partial charge in [-0.1, -0.05) is 87.5 Å². The lowest BCUT2D eigenvalue weighted by Gasteiger charge is -2.22. The fourth-order valence-corrected chi connectivity index (χ4v) is 6.16. The molecule has 0 aliphatic heterocycles. The third-order valence-electron chi connectivity index (χ3n) is 6.37. The molecule has 1 unspecified atom stereocenters. The predicted octanol–water partition coefficient (Wildman–Crippen LogP) is 5.03. The number of aryl methyl sites for hydroxylation is 1. The second-order valence-electron chi connectivity index (χ2n) is 10.5. The standard InChI is InChI=1S/C32H39O5Si/c1-24(33)37-29(23-27(34)16-11-25-12-17-28(35-5)18-13-25)21-22-36-38(30-9-7-6-8-10-30)31-19-14-26(15-20-31)32(2,3)4/h6-10,12-15,17-20,29H,11,16,21-23H2,1-5H3. The number of ketones is 1. The van der Waals surface area contributed by atoms with Gasteiger partial charge in [0.15, 0.2) is 0 Å². The average molecular weight is 532 g/mol. The highest BCUT2D eigenvalue weighted by molar-refractivity contribution is 6.80. The zero-order chi connectivity index (χ0) is 27.5. The summed E-state index contributed by atoms with van der Waals surface area (Å²) < 4.78 is 17.2. The van der Waals surface area contributed by atoms with Crippen LogP contribution in [0.2, 0.25) is 0 Å². The summed E-state index contributed by atoms with van der Waals surface area (Å²) in [7, 11) is 0.129. The zero-order valence-corrected chi connectivity index (χ0v) is 24.2. The molecular formula is C32H39O5Si. The first-order chi connectivity index (χ1) is 18.2. The lowest BCUT2D eigenvalue weighted by atomic mass is 9.87. The van der Waals surface area contributed by atoms with Crippen molar-refractivity contribution in [2.75, 3.05) is 13.7 Å². The van der Waals surface area contributed by atoms with Crippen molar-refractivity contribution in [2.24, 2.45) is 0 Å². The van der Waals surface area contributed by atoms with Crippen molar-refractivity contribution in [1.29, 1.82) is 0 Å². The number of hydrogen-bond acceptors (Lipinski definition) is 5. The molecule has 0 saturated carbocycles. The topological polar surface area (TPSA) is 61.8 Å². The summed E-state index contributed by atoms with van der Waals surface area (Å²) in [5, 5.41) is 2.31. The van der Waals surface area contributed by atoms with E-state index in [1.165, 1.54) is 12.5 Å². The second kappa shape index (κ2) is 14.1. The third kappa shape index (κ3) is 9.26. The first-order valence-corrected chi connectivity index (χ1v) is 14.5. The van der Waals surface area contributed by atoms with Crippen molar-refractivity contribution in [3.63, 3.8) is 0 Å². The van der Waals surface area contributed by atoms with E-state index in [1.54, 1.807) is 7.11 Å². The molecule has 38 heavy (non-hydrogen) atoms. The molecule has 0 amide bonds. The van der Waals surface area contributed by atoms with E-state index >= 15 is 0 Å². The van der Waals surface area contributed by atoms with E-state index in [1.807, 2.05) is 42.5 Å². The third-order valence-corrected chi connectivity index (χ3v) is 8.58. The molecule has 0 N–H and O–H groups in total. The molecule has 6 heteroatoms. The number of ether oxygens (including phenoxy) is 2. The average Bonchev–Trinajstić information content (AvgIpc) is 2.90. The van der Waals surface area contributed by atoms with Gasteiger partial charge in [0, 0.05) is 32.8 Å². The van der Waals surface area contributed by atoms with Crippen LogP contribution in [0.4, 0.5) is 0 Å². The first-order valence-electron chi connectivity index (χ1n) is 13.1. The van der Waals surface area contributed by atoms with Gasteiger partial charge in [0.1, 0.15) is 17.6 Å². The summed E-state index contributed by atoms with van der Waals surface area (Å²) in [6.07, 6.45) is 1.18. The zero-order valence-electron chi connectivity index (χ0n) is 23.2. The van der Waals surface area contributed by atoms with Crippen LogP contribution in [0.25, 0.3) is 0 Å². The van der Waals surface area contributed by atoms with Crippen LogP contribution < -0.4 is 15.1 Å². The van der Waals surface area contributed by atoms with Gasteiger partial charge in [0.25, 0.3) is 9.04 Å². The molecule has 1 atom stereocenters. The van der Waals surface area contributed by atoms with Crippen molar-refractivity contribution in [1.82, 2.24) is 0 Å². The Hall–Kier alpha value is -3.22. The minimum atomic E-state index is -1.50. The quantitative estimate of drug-likeness (QED) is 0.229. The van der Waals surface area contributed by atoms with E-state index in [9.17, 15) is 9.59 Å². The van der Waals surface area contributed by atoms with E-state index in [0.29, 0.717) is 25.9 Å². The fraction of sp³-hybridized carbons (Fsp3) is 0.375. The number of esters is 1. The van der Waals surface area contributed by atoms with Crippen molar-refractivity contribution < 1.29 is 23.5 Å². The van der Waals surface area contributed by atoms with Gasteiger partial charge < -0.3 is 13.9 Å². The smallest absolute Gasteiger partial charge is 0.302 e. The van der Waals surface area contributed by atoms with Crippen LogP contribution in [0.3, 0.4) is 0 Å². The molecule has 0 aromatic heterocycles. The summed E-state index contributed by atoms with van der Waals surface area (Å²) in [5.74, 6) is 0.472. The molecular weight excluding hydrogens is 492 g/mol. The molecule has 1 radical (unpaired) electrons. The number of carbonyl (C=O) groups is 2. The Morgan fingerprint density at radius 3 is 2.08 bits per heavy atom. The molecule has 0 aliphatic carbocycles. The number of methoxy groups -OCH3 is 1. The lowest BCUT2D eigenvalue weighted by Crippen LogP contribution is -2.45. The van der Waals surface area contributed by atoms with Crippen LogP contribution in [0, 0.1) is 0 Å². The number of hydrogen-bond donors (Lipinski definition) is 0. The minimum absolute atomic E-state index is 0.0680. The number of Topliss-reactive ketones (excluding diaryl/α,β-unsaturated/α-hetero) is 1. The maximum Gasteiger partial charge on any atom is 0.302 e. The summed E-state index contributed by atoms with van der Waals surface area (Å²) in [6.45, 7) is 8.39. The van der Waals surface area contributed by atoms with Crippen LogP contribution in [0.1, 0.15) is 58.1 Å². The summed E-state index contributed by atoms with van der Waals surface area (Å²) >= 11 is 0. The molecule has 0 fully saturated rings. The number of rotatable bonds is 13. The maximum absolute atomic E-state index is 12.7. The van der Waals surface area contributed by atoms with Gasteiger partial charge in [-0.2, -0.15) is 0 Å². The van der Waals surface area contributed by atoms with Gasteiger partial charge in [-0.15, -0.1) is 0 Å². The molecule has 0 aliphatic rings. The van der Waals surface area contributed by atoms with Crippen molar-refractivity contribution in [2.45, 2.75) is 64.9 Å². The van der Waals surface area contributed by atoms with Crippen LogP contribution in [0.15, 0.2) is 78.9 Å². The Bertz CT molecular complexity index is 1150. The monoisotopic (exact) mass is 531 g/mol. The largest absolute Gasteiger partial charge is 0.497 e. The van der Waals surface area contributed by atoms with Crippen LogP contribution in [0.5, 0.6) is 5.75 Å². The number of carbonyl (C=O) groups excluding carboxylic acids is 2. The Morgan fingerprint density at radius 2 is 1.50 bits per heavy atom. The van der Waals surface area contributed by atoms with E-state index in [4.69, 9.17) is 13.9 Å². The minimum Gasteiger partial charge on any atom is -0.497 e. The van der Waals surface area contributed by atoms with Crippen LogP contribution in [-0.4, -0.2) is 40.6 Å². The van der Waals surface area contributed by atoms with Crippen LogP contribution in [-0.2, 0) is 30.6 Å². The fourth-order valence-electron chi connectivity index (χ4n) is 4.21. The first kappa shape index (κ1) is 29.3. The van der Waals surface area contributed by atoms with Crippen molar-refractivity contribution >= 4 is 31.2 Å². The normalized spacial score (nSPS) is 12.3. The van der Waals surface area contributed by atoms with E-state index in [2.05, 4.69) is 57.2 Å². The molecule has 3 aromatic carbocycles. The van der Waals surface area contributed by atoms with Gasteiger partial charge in [0.05, 0.1) is 7.11 Å². The van der Waals surface area contributed by atoms with Gasteiger partial charge in [-0.25, -0.2) is 0 Å². The molecule has 0 heterocycles. The molecule has 5 nitrogen and oxygen atoms in total. The Morgan fingerprint density at radius 1 is 0.868 bits per heavy atom. The molecule has 0 spiro atoms. The highest BCUT2D eigenvalue weighted by Gasteiger charge is 2.23. The van der Waals surface area contributed by atoms with Gasteiger partial charge in [0.2, 0.25) is 0 Å². The molecule has 3 aromatic rings. The SMILES string of the molecule is COc1ccc(CCC(=O)CC(CCO[Si](c2ccccc2)c2ccc(C(C)(C)C)cc2)OC(C)=O)cc1. The van der Waals surface area contributed by atoms with Gasteiger partial charge in [-0.05, 0) is 45.5 Å². The van der Waals surface area contributed by atoms with Gasteiger partial charge >= 0.3 is 5.97 Å². The Kier molecular flexibility index (Phi) is 10.9. The molecule has 0 saturated heterocycles. The van der Waals surface area contributed by atoms with Crippen molar-refractivity contribution in [3.8, 4) is 5.75 Å². The maximum atomic E-state index is 12.7. The second-order valence-corrected chi connectivity index (χ2v) is 12.6. The van der Waals surface area contributed by atoms with Crippen LogP contribution >= 0.6 is 0 Å². The van der Waals surface area contributed by atoms with Crippen molar-refractivity contribution in [3.05, 3.63) is 90.0 Å². The number of benzene rings is 3. The highest BCUT2D eigenvalue weighted by atomic mass is 28.3. The molecule has 0 bridgehead atoms. The highest BCUT2D eigenvalue weighted by Crippen LogP contribution is 2.21. The van der Waals surface area contributed by atoms with E-state index in [0.717, 1.165) is 21.7 Å². The lowest BCUT2D eigenvalue weighted by molar-refractivity contribution is -0.148. The summed E-state index contributed by atoms with van der Waals surface area (Å²) in [6, 6.07) is 26.6. The van der Waals surface area contributed by atoms with Gasteiger partial charge in [-0.3, -0.25) is 9.59 Å². The predicted molar refractivity (Wildman–Crippen MR) is 154 cm³/mol.